The van der Waals surface area contributed by atoms with Crippen molar-refractivity contribution < 1.29 is 0 Å². The Balaban J connectivity index is 1.29. The van der Waals surface area contributed by atoms with Gasteiger partial charge in [-0.1, -0.05) is 23.5 Å². The highest BCUT2D eigenvalue weighted by Gasteiger charge is 2.43. The number of rotatable bonds is 4. The number of likely N-dealkylation sites (tertiary alicyclic amines) is 1. The molecule has 0 amide bonds. The largest absolute Gasteiger partial charge is 0.348 e. The summed E-state index contributed by atoms with van der Waals surface area (Å²) in [7, 11) is 0. The van der Waals surface area contributed by atoms with Gasteiger partial charge < -0.3 is 4.90 Å². The average molecular weight is 382 g/mol. The number of para-hydroxylation sites is 1. The zero-order valence-electron chi connectivity index (χ0n) is 16.0. The molecule has 0 bridgehead atoms. The quantitative estimate of drug-likeness (QED) is 0.680. The molecule has 0 radical (unpaired) electrons. The molecule has 5 nitrogen and oxygen atoms in total. The second kappa shape index (κ2) is 6.91. The third-order valence-corrected chi connectivity index (χ3v) is 7.47. The second-order valence-corrected chi connectivity index (χ2v) is 8.91. The normalized spacial score (nSPS) is 20.1. The van der Waals surface area contributed by atoms with Crippen LogP contribution < -0.4 is 4.90 Å². The maximum Gasteiger partial charge on any atom is 0.186 e. The third-order valence-electron chi connectivity index (χ3n) is 6.37. The van der Waals surface area contributed by atoms with E-state index in [1.165, 1.54) is 47.6 Å². The molecular weight excluding hydrogens is 354 g/mol. The van der Waals surface area contributed by atoms with E-state index in [0.717, 1.165) is 31.7 Å². The van der Waals surface area contributed by atoms with Crippen molar-refractivity contribution in [2.24, 2.45) is 0 Å². The van der Waals surface area contributed by atoms with Crippen LogP contribution in [0.25, 0.3) is 10.2 Å². The van der Waals surface area contributed by atoms with Gasteiger partial charge >= 0.3 is 0 Å². The summed E-state index contributed by atoms with van der Waals surface area (Å²) in [5.41, 5.74) is 2.86. The first-order valence-electron chi connectivity index (χ1n) is 10.1. The Kier molecular flexibility index (Phi) is 4.40. The SMILES string of the molecule is CCn1cc(CN2CCCC23CCN(c2nc4ccccc4s2)CC3)cn1. The van der Waals surface area contributed by atoms with E-state index in [2.05, 4.69) is 52.3 Å². The molecule has 6 heteroatoms. The van der Waals surface area contributed by atoms with Crippen molar-refractivity contribution in [3.63, 3.8) is 0 Å². The number of benzene rings is 1. The maximum atomic E-state index is 4.87. The van der Waals surface area contributed by atoms with Gasteiger partial charge in [-0.05, 0) is 51.3 Å². The first kappa shape index (κ1) is 17.2. The third kappa shape index (κ3) is 3.15. The fourth-order valence-corrected chi connectivity index (χ4v) is 5.82. The number of piperidine rings is 1. The molecule has 2 fully saturated rings. The smallest absolute Gasteiger partial charge is 0.186 e. The van der Waals surface area contributed by atoms with Gasteiger partial charge in [0.1, 0.15) is 0 Å². The van der Waals surface area contributed by atoms with E-state index in [0.29, 0.717) is 5.54 Å². The number of nitrogens with zero attached hydrogens (tertiary/aromatic N) is 5. The van der Waals surface area contributed by atoms with Crippen LogP contribution in [0.3, 0.4) is 0 Å². The summed E-state index contributed by atoms with van der Waals surface area (Å²) in [6, 6.07) is 8.48. The Labute approximate surface area is 164 Å². The molecule has 0 aliphatic carbocycles. The summed E-state index contributed by atoms with van der Waals surface area (Å²) < 4.78 is 3.33. The number of fused-ring (bicyclic) bond motifs is 1. The lowest BCUT2D eigenvalue weighted by Gasteiger charge is -2.45. The van der Waals surface area contributed by atoms with Crippen molar-refractivity contribution in [3.8, 4) is 0 Å². The van der Waals surface area contributed by atoms with Crippen molar-refractivity contribution in [1.82, 2.24) is 19.7 Å². The first-order valence-corrected chi connectivity index (χ1v) is 10.9. The predicted molar refractivity (Wildman–Crippen MR) is 111 cm³/mol. The van der Waals surface area contributed by atoms with Gasteiger partial charge in [0.15, 0.2) is 5.13 Å². The number of anilines is 1. The number of hydrogen-bond acceptors (Lipinski definition) is 5. The number of hydrogen-bond donors (Lipinski definition) is 0. The van der Waals surface area contributed by atoms with Gasteiger partial charge in [0.25, 0.3) is 0 Å². The molecule has 0 saturated carbocycles. The topological polar surface area (TPSA) is 37.2 Å². The van der Waals surface area contributed by atoms with Gasteiger partial charge in [-0.2, -0.15) is 5.10 Å². The highest BCUT2D eigenvalue weighted by Crippen LogP contribution is 2.41. The first-order chi connectivity index (χ1) is 13.3. The molecule has 2 aliphatic rings. The standard InChI is InChI=1S/C21H27N5S/c1-2-26-16-17(14-22-26)15-25-11-5-8-21(25)9-12-24(13-10-21)20-23-18-6-3-4-7-19(18)27-20/h3-4,6-7,14,16H,2,5,8-13,15H2,1H3. The van der Waals surface area contributed by atoms with Crippen LogP contribution in [0.4, 0.5) is 5.13 Å². The van der Waals surface area contributed by atoms with Crippen LogP contribution in [0.2, 0.25) is 0 Å². The minimum atomic E-state index is 0.376. The van der Waals surface area contributed by atoms with Gasteiger partial charge in [-0.15, -0.1) is 0 Å². The average Bonchev–Trinajstić information content (AvgIpc) is 3.42. The molecule has 0 N–H and O–H groups in total. The second-order valence-electron chi connectivity index (χ2n) is 7.90. The molecule has 5 rings (SSSR count). The van der Waals surface area contributed by atoms with Crippen molar-refractivity contribution in [3.05, 3.63) is 42.2 Å². The van der Waals surface area contributed by atoms with Crippen LogP contribution in [-0.2, 0) is 13.1 Å². The van der Waals surface area contributed by atoms with E-state index >= 15 is 0 Å². The molecule has 2 aliphatic heterocycles. The number of aryl methyl sites for hydroxylation is 1. The Morgan fingerprint density at radius 1 is 1.11 bits per heavy atom. The molecule has 0 unspecified atom stereocenters. The Bertz CT molecular complexity index is 888. The highest BCUT2D eigenvalue weighted by molar-refractivity contribution is 7.22. The number of aromatic nitrogens is 3. The van der Waals surface area contributed by atoms with Gasteiger partial charge in [-0.25, -0.2) is 4.98 Å². The van der Waals surface area contributed by atoms with Gasteiger partial charge in [0.05, 0.1) is 16.4 Å². The number of thiazole rings is 1. The van der Waals surface area contributed by atoms with Crippen LogP contribution in [0.5, 0.6) is 0 Å². The fraction of sp³-hybridized carbons (Fsp3) is 0.524. The van der Waals surface area contributed by atoms with Gasteiger partial charge in [0.2, 0.25) is 0 Å². The molecule has 2 aromatic heterocycles. The summed E-state index contributed by atoms with van der Waals surface area (Å²) >= 11 is 1.83. The Hall–Kier alpha value is -1.92. The van der Waals surface area contributed by atoms with Crippen LogP contribution in [-0.4, -0.2) is 44.8 Å². The van der Waals surface area contributed by atoms with Crippen molar-refractivity contribution >= 4 is 26.7 Å². The fourth-order valence-electron chi connectivity index (χ4n) is 4.80. The summed E-state index contributed by atoms with van der Waals surface area (Å²) in [5, 5.41) is 5.65. The monoisotopic (exact) mass is 381 g/mol. The van der Waals surface area contributed by atoms with Crippen LogP contribution in [0, 0.1) is 0 Å². The molecule has 1 aromatic carbocycles. The molecule has 3 aromatic rings. The van der Waals surface area contributed by atoms with E-state index in [1.54, 1.807) is 0 Å². The van der Waals surface area contributed by atoms with E-state index < -0.39 is 0 Å². The van der Waals surface area contributed by atoms with E-state index in [9.17, 15) is 0 Å². The van der Waals surface area contributed by atoms with E-state index in [-0.39, 0.29) is 0 Å². The summed E-state index contributed by atoms with van der Waals surface area (Å²) in [4.78, 5) is 10.1. The Morgan fingerprint density at radius 3 is 2.74 bits per heavy atom. The lowest BCUT2D eigenvalue weighted by molar-refractivity contribution is 0.0998. The molecule has 0 atom stereocenters. The Morgan fingerprint density at radius 2 is 1.96 bits per heavy atom. The molecule has 1 spiro atoms. The van der Waals surface area contributed by atoms with Crippen LogP contribution in [0.1, 0.15) is 38.2 Å². The summed E-state index contributed by atoms with van der Waals surface area (Å²) in [6.45, 7) is 7.59. The molecule has 27 heavy (non-hydrogen) atoms. The molecule has 4 heterocycles. The lowest BCUT2D eigenvalue weighted by atomic mass is 9.85. The van der Waals surface area contributed by atoms with Gasteiger partial charge in [0, 0.05) is 43.5 Å². The van der Waals surface area contributed by atoms with Crippen molar-refractivity contribution in [1.29, 1.82) is 0 Å². The zero-order chi connectivity index (χ0) is 18.3. The molecule has 142 valence electrons. The van der Waals surface area contributed by atoms with E-state index in [1.807, 2.05) is 22.2 Å². The maximum absolute atomic E-state index is 4.87. The minimum Gasteiger partial charge on any atom is -0.348 e. The lowest BCUT2D eigenvalue weighted by Crippen LogP contribution is -2.51. The summed E-state index contributed by atoms with van der Waals surface area (Å²) in [6.07, 6.45) is 9.40. The van der Waals surface area contributed by atoms with Crippen LogP contribution >= 0.6 is 11.3 Å². The van der Waals surface area contributed by atoms with Crippen molar-refractivity contribution in [2.75, 3.05) is 24.5 Å². The molecule has 2 saturated heterocycles. The highest BCUT2D eigenvalue weighted by atomic mass is 32.1. The van der Waals surface area contributed by atoms with Crippen LogP contribution in [0.15, 0.2) is 36.7 Å². The van der Waals surface area contributed by atoms with Gasteiger partial charge in [-0.3, -0.25) is 9.58 Å². The van der Waals surface area contributed by atoms with E-state index in [4.69, 9.17) is 4.98 Å². The summed E-state index contributed by atoms with van der Waals surface area (Å²) in [5.74, 6) is 0. The predicted octanol–water partition coefficient (Wildman–Crippen LogP) is 4.15. The molecular formula is C21H27N5S. The zero-order valence-corrected chi connectivity index (χ0v) is 16.8. The minimum absolute atomic E-state index is 0.376. The van der Waals surface area contributed by atoms with Crippen molar-refractivity contribution in [2.45, 2.75) is 51.2 Å².